The Labute approximate surface area is 113 Å². The first-order valence-electron chi connectivity index (χ1n) is 5.98. The lowest BCUT2D eigenvalue weighted by atomic mass is 9.94. The second-order valence-corrected chi connectivity index (χ2v) is 5.68. The molecule has 2 unspecified atom stereocenters. The summed E-state index contributed by atoms with van der Waals surface area (Å²) in [4.78, 5) is 2.33. The van der Waals surface area contributed by atoms with Crippen LogP contribution in [0, 0.1) is 5.92 Å². The molecule has 0 radical (unpaired) electrons. The summed E-state index contributed by atoms with van der Waals surface area (Å²) < 4.78 is 0. The Hall–Kier alpha value is -0.280. The first-order valence-corrected chi connectivity index (χ1v) is 6.74. The molecule has 94 valence electrons. The Morgan fingerprint density at radius 1 is 1.35 bits per heavy atom. The lowest BCUT2D eigenvalue weighted by molar-refractivity contribution is 0.162. The third-order valence-electron chi connectivity index (χ3n) is 3.54. The van der Waals surface area contributed by atoms with E-state index < -0.39 is 0 Å². The molecule has 1 aliphatic heterocycles. The monoisotopic (exact) mass is 272 g/mol. The fraction of sp³-hybridized carbons (Fsp3) is 0.538. The van der Waals surface area contributed by atoms with Crippen molar-refractivity contribution in [2.24, 2.45) is 11.7 Å². The minimum absolute atomic E-state index is 0.255. The molecule has 1 saturated heterocycles. The molecule has 1 heterocycles. The van der Waals surface area contributed by atoms with E-state index >= 15 is 0 Å². The molecule has 0 bridgehead atoms. The molecular weight excluding hydrogens is 255 g/mol. The number of hydrogen-bond donors (Lipinski definition) is 1. The van der Waals surface area contributed by atoms with E-state index in [0.29, 0.717) is 5.92 Å². The molecule has 0 aliphatic carbocycles. The Kier molecular flexibility index (Phi) is 4.31. The summed E-state index contributed by atoms with van der Waals surface area (Å²) in [7, 11) is 0. The van der Waals surface area contributed by atoms with Gasteiger partial charge in [-0.2, -0.15) is 0 Å². The minimum atomic E-state index is 0.255. The second kappa shape index (κ2) is 5.57. The fourth-order valence-corrected chi connectivity index (χ4v) is 2.74. The Morgan fingerprint density at radius 2 is 2.00 bits per heavy atom. The van der Waals surface area contributed by atoms with E-state index in [4.69, 9.17) is 28.9 Å². The maximum absolute atomic E-state index is 6.17. The van der Waals surface area contributed by atoms with Crippen LogP contribution in [0.15, 0.2) is 18.2 Å². The van der Waals surface area contributed by atoms with E-state index in [2.05, 4.69) is 11.8 Å². The van der Waals surface area contributed by atoms with Crippen molar-refractivity contribution in [1.82, 2.24) is 4.90 Å². The van der Waals surface area contributed by atoms with Crippen molar-refractivity contribution < 1.29 is 0 Å². The maximum atomic E-state index is 6.17. The smallest absolute Gasteiger partial charge is 0.0465 e. The molecule has 17 heavy (non-hydrogen) atoms. The standard InChI is InChI=1S/C13H18Cl2N2/c1-9-5-6-17(8-13(9)16)7-10-11(14)3-2-4-12(10)15/h2-4,9,13H,5-8,16H2,1H3. The maximum Gasteiger partial charge on any atom is 0.0465 e. The van der Waals surface area contributed by atoms with Gasteiger partial charge >= 0.3 is 0 Å². The third kappa shape index (κ3) is 3.14. The summed E-state index contributed by atoms with van der Waals surface area (Å²) in [5, 5.41) is 1.48. The van der Waals surface area contributed by atoms with Crippen LogP contribution in [0.2, 0.25) is 10.0 Å². The number of piperidine rings is 1. The number of hydrogen-bond acceptors (Lipinski definition) is 2. The van der Waals surface area contributed by atoms with E-state index in [1.807, 2.05) is 18.2 Å². The zero-order chi connectivity index (χ0) is 12.4. The van der Waals surface area contributed by atoms with Crippen molar-refractivity contribution in [3.8, 4) is 0 Å². The summed E-state index contributed by atoms with van der Waals surface area (Å²) in [6.07, 6.45) is 1.14. The average Bonchev–Trinajstić information content (AvgIpc) is 2.28. The van der Waals surface area contributed by atoms with E-state index in [9.17, 15) is 0 Å². The highest BCUT2D eigenvalue weighted by Gasteiger charge is 2.23. The van der Waals surface area contributed by atoms with Gasteiger partial charge in [0.2, 0.25) is 0 Å². The van der Waals surface area contributed by atoms with Crippen LogP contribution in [-0.2, 0) is 6.54 Å². The number of nitrogens with zero attached hydrogens (tertiary/aromatic N) is 1. The summed E-state index contributed by atoms with van der Waals surface area (Å²) in [5.74, 6) is 0.605. The van der Waals surface area contributed by atoms with Crippen molar-refractivity contribution in [2.75, 3.05) is 13.1 Å². The topological polar surface area (TPSA) is 29.3 Å². The minimum Gasteiger partial charge on any atom is -0.326 e. The van der Waals surface area contributed by atoms with Crippen LogP contribution in [0.3, 0.4) is 0 Å². The number of nitrogens with two attached hydrogens (primary N) is 1. The van der Waals surface area contributed by atoms with Crippen LogP contribution in [0.1, 0.15) is 18.9 Å². The predicted molar refractivity (Wildman–Crippen MR) is 73.5 cm³/mol. The SMILES string of the molecule is CC1CCN(Cc2c(Cl)cccc2Cl)CC1N. The van der Waals surface area contributed by atoms with Gasteiger partial charge in [0.05, 0.1) is 0 Å². The highest BCUT2D eigenvalue weighted by atomic mass is 35.5. The van der Waals surface area contributed by atoms with E-state index in [-0.39, 0.29) is 6.04 Å². The quantitative estimate of drug-likeness (QED) is 0.896. The van der Waals surface area contributed by atoms with Gasteiger partial charge in [0, 0.05) is 34.7 Å². The van der Waals surface area contributed by atoms with Crippen LogP contribution in [-0.4, -0.2) is 24.0 Å². The van der Waals surface area contributed by atoms with Crippen molar-refractivity contribution in [3.05, 3.63) is 33.8 Å². The largest absolute Gasteiger partial charge is 0.326 e. The molecule has 2 rings (SSSR count). The molecule has 2 N–H and O–H groups in total. The summed E-state index contributed by atoms with van der Waals surface area (Å²) >= 11 is 12.3. The summed E-state index contributed by atoms with van der Waals surface area (Å²) in [5.41, 5.74) is 7.10. The van der Waals surface area contributed by atoms with E-state index in [1.54, 1.807) is 0 Å². The lowest BCUT2D eigenvalue weighted by Gasteiger charge is -2.35. The van der Waals surface area contributed by atoms with Crippen molar-refractivity contribution >= 4 is 23.2 Å². The van der Waals surface area contributed by atoms with Gasteiger partial charge in [0.15, 0.2) is 0 Å². The third-order valence-corrected chi connectivity index (χ3v) is 4.25. The molecule has 1 fully saturated rings. The highest BCUT2D eigenvalue weighted by molar-refractivity contribution is 6.35. The second-order valence-electron chi connectivity index (χ2n) is 4.87. The average molecular weight is 273 g/mol. The summed E-state index contributed by atoms with van der Waals surface area (Å²) in [6.45, 7) is 4.99. The van der Waals surface area contributed by atoms with Crippen molar-refractivity contribution in [2.45, 2.75) is 25.9 Å². The molecular formula is C13H18Cl2N2. The zero-order valence-electron chi connectivity index (χ0n) is 10.00. The van der Waals surface area contributed by atoms with Gasteiger partial charge in [0.25, 0.3) is 0 Å². The molecule has 0 spiro atoms. The molecule has 1 aromatic carbocycles. The lowest BCUT2D eigenvalue weighted by Crippen LogP contribution is -2.47. The Morgan fingerprint density at radius 3 is 2.59 bits per heavy atom. The number of benzene rings is 1. The van der Waals surface area contributed by atoms with Crippen molar-refractivity contribution in [1.29, 1.82) is 0 Å². The van der Waals surface area contributed by atoms with Gasteiger partial charge in [-0.3, -0.25) is 4.90 Å². The molecule has 0 aromatic heterocycles. The molecule has 0 amide bonds. The van der Waals surface area contributed by atoms with Gasteiger partial charge in [-0.1, -0.05) is 36.2 Å². The number of likely N-dealkylation sites (tertiary alicyclic amines) is 1. The van der Waals surface area contributed by atoms with E-state index in [1.165, 1.54) is 0 Å². The van der Waals surface area contributed by atoms with Gasteiger partial charge in [-0.15, -0.1) is 0 Å². The Bertz CT molecular complexity index is 375. The first kappa shape index (κ1) is 13.2. The van der Waals surface area contributed by atoms with Crippen LogP contribution in [0.25, 0.3) is 0 Å². The van der Waals surface area contributed by atoms with Gasteiger partial charge in [-0.25, -0.2) is 0 Å². The summed E-state index contributed by atoms with van der Waals surface area (Å²) in [6, 6.07) is 5.90. The highest BCUT2D eigenvalue weighted by Crippen LogP contribution is 2.27. The molecule has 2 atom stereocenters. The van der Waals surface area contributed by atoms with Crippen molar-refractivity contribution in [3.63, 3.8) is 0 Å². The van der Waals surface area contributed by atoms with Crippen LogP contribution in [0.5, 0.6) is 0 Å². The van der Waals surface area contributed by atoms with E-state index in [0.717, 1.165) is 41.7 Å². The molecule has 2 nitrogen and oxygen atoms in total. The Balaban J connectivity index is 2.06. The number of halogens is 2. The normalized spacial score (nSPS) is 26.1. The molecule has 4 heteroatoms. The molecule has 1 aliphatic rings. The molecule has 0 saturated carbocycles. The first-order chi connectivity index (χ1) is 8.08. The van der Waals surface area contributed by atoms with Gasteiger partial charge in [0.1, 0.15) is 0 Å². The number of rotatable bonds is 2. The molecule has 1 aromatic rings. The van der Waals surface area contributed by atoms with Gasteiger partial charge in [-0.05, 0) is 31.0 Å². The predicted octanol–water partition coefficient (Wildman–Crippen LogP) is 3.16. The van der Waals surface area contributed by atoms with Crippen LogP contribution in [0.4, 0.5) is 0 Å². The van der Waals surface area contributed by atoms with Crippen LogP contribution < -0.4 is 5.73 Å². The van der Waals surface area contributed by atoms with Crippen LogP contribution >= 0.6 is 23.2 Å². The zero-order valence-corrected chi connectivity index (χ0v) is 11.5. The van der Waals surface area contributed by atoms with Gasteiger partial charge < -0.3 is 5.73 Å². The fourth-order valence-electron chi connectivity index (χ4n) is 2.22.